The number of likely N-dealkylation sites (tertiary alicyclic amines) is 1. The first-order valence-corrected chi connectivity index (χ1v) is 8.28. The molecule has 1 saturated heterocycles. The molecule has 0 aliphatic carbocycles. The van der Waals surface area contributed by atoms with Crippen molar-refractivity contribution in [1.82, 2.24) is 10.2 Å². The lowest BCUT2D eigenvalue weighted by Crippen LogP contribution is -2.34. The van der Waals surface area contributed by atoms with Gasteiger partial charge in [0.2, 0.25) is 5.91 Å². The Morgan fingerprint density at radius 3 is 2.57 bits per heavy atom. The predicted molar refractivity (Wildman–Crippen MR) is 91.1 cm³/mol. The van der Waals surface area contributed by atoms with Crippen LogP contribution in [-0.2, 0) is 11.2 Å². The van der Waals surface area contributed by atoms with E-state index in [9.17, 15) is 4.79 Å². The second kappa shape index (κ2) is 8.77. The van der Waals surface area contributed by atoms with Gasteiger partial charge >= 0.3 is 0 Å². The molecule has 23 heavy (non-hydrogen) atoms. The first-order chi connectivity index (χ1) is 11.1. The molecule has 0 unspecified atom stereocenters. The number of nitrogens with one attached hydrogen (secondary N) is 1. The van der Waals surface area contributed by atoms with Crippen molar-refractivity contribution in [3.8, 4) is 11.5 Å². The van der Waals surface area contributed by atoms with Gasteiger partial charge in [0.25, 0.3) is 0 Å². The fraction of sp³-hybridized carbons (Fsp3) is 0.611. The molecule has 0 atom stereocenters. The minimum absolute atomic E-state index is 0.167. The number of amides is 1. The molecule has 5 nitrogen and oxygen atoms in total. The zero-order chi connectivity index (χ0) is 16.7. The van der Waals surface area contributed by atoms with Crippen LogP contribution in [0.5, 0.6) is 11.5 Å². The highest BCUT2D eigenvalue weighted by Gasteiger charge is 2.19. The molecule has 1 amide bonds. The summed E-state index contributed by atoms with van der Waals surface area (Å²) in [4.78, 5) is 14.4. The Kier molecular flexibility index (Phi) is 6.71. The maximum absolute atomic E-state index is 12.0. The van der Waals surface area contributed by atoms with Crippen LogP contribution in [-0.4, -0.2) is 51.7 Å². The number of hydrogen-bond donors (Lipinski definition) is 1. The quantitative estimate of drug-likeness (QED) is 0.836. The van der Waals surface area contributed by atoms with Gasteiger partial charge in [-0.3, -0.25) is 4.79 Å². The van der Waals surface area contributed by atoms with E-state index < -0.39 is 0 Å². The maximum Gasteiger partial charge on any atom is 0.220 e. The minimum atomic E-state index is 0.167. The molecule has 1 aliphatic heterocycles. The van der Waals surface area contributed by atoms with Crippen LogP contribution in [0, 0.1) is 5.92 Å². The van der Waals surface area contributed by atoms with Crippen molar-refractivity contribution in [2.24, 2.45) is 5.92 Å². The molecule has 1 heterocycles. The summed E-state index contributed by atoms with van der Waals surface area (Å²) in [6, 6.07) is 5.86. The summed E-state index contributed by atoms with van der Waals surface area (Å²) in [5.41, 5.74) is 1.13. The Bertz CT molecular complexity index is 511. The average molecular weight is 320 g/mol. The Hall–Kier alpha value is -1.75. The number of piperidine rings is 1. The average Bonchev–Trinajstić information content (AvgIpc) is 2.56. The topological polar surface area (TPSA) is 50.8 Å². The van der Waals surface area contributed by atoms with Gasteiger partial charge in [-0.15, -0.1) is 0 Å². The molecular weight excluding hydrogens is 292 g/mol. The van der Waals surface area contributed by atoms with Crippen LogP contribution in [0.1, 0.15) is 24.8 Å². The number of nitrogens with zero attached hydrogens (tertiary/aromatic N) is 1. The molecule has 5 heteroatoms. The van der Waals surface area contributed by atoms with E-state index in [2.05, 4.69) is 17.3 Å². The zero-order valence-corrected chi connectivity index (χ0v) is 14.4. The first-order valence-electron chi connectivity index (χ1n) is 8.28. The second-order valence-electron chi connectivity index (χ2n) is 6.24. The molecule has 128 valence electrons. The second-order valence-corrected chi connectivity index (χ2v) is 6.24. The number of carbonyl (C=O) groups is 1. The third-order valence-electron chi connectivity index (χ3n) is 4.50. The van der Waals surface area contributed by atoms with Crippen molar-refractivity contribution in [3.05, 3.63) is 23.8 Å². The highest BCUT2D eigenvalue weighted by Crippen LogP contribution is 2.27. The molecule has 1 fully saturated rings. The number of carbonyl (C=O) groups excluding carboxylic acids is 1. The fourth-order valence-electron chi connectivity index (χ4n) is 2.98. The van der Waals surface area contributed by atoms with Gasteiger partial charge in [-0.05, 0) is 63.0 Å². The number of ether oxygens (including phenoxy) is 2. The Labute approximate surface area is 139 Å². The minimum Gasteiger partial charge on any atom is -0.493 e. The molecule has 0 aromatic heterocycles. The lowest BCUT2D eigenvalue weighted by Gasteiger charge is -2.28. The Balaban J connectivity index is 1.73. The monoisotopic (exact) mass is 320 g/mol. The molecular formula is C18H28N2O3. The largest absolute Gasteiger partial charge is 0.493 e. The molecule has 2 rings (SSSR count). The molecule has 0 radical (unpaired) electrons. The van der Waals surface area contributed by atoms with Crippen LogP contribution in [0.3, 0.4) is 0 Å². The summed E-state index contributed by atoms with van der Waals surface area (Å²) in [7, 11) is 5.39. The maximum atomic E-state index is 12.0. The third kappa shape index (κ3) is 5.43. The summed E-state index contributed by atoms with van der Waals surface area (Å²) in [6.45, 7) is 2.86. The van der Waals surface area contributed by atoms with Crippen LogP contribution >= 0.6 is 0 Å². The van der Waals surface area contributed by atoms with E-state index in [4.69, 9.17) is 9.47 Å². The van der Waals surface area contributed by atoms with Crippen molar-refractivity contribution >= 4 is 5.91 Å². The SMILES string of the molecule is COc1ccc(CCNC(=O)CC2CCN(C)CC2)cc1OC. The van der Waals surface area contributed by atoms with E-state index in [0.717, 1.165) is 49.4 Å². The van der Waals surface area contributed by atoms with Crippen LogP contribution < -0.4 is 14.8 Å². The molecule has 0 saturated carbocycles. The van der Waals surface area contributed by atoms with E-state index in [1.165, 1.54) is 0 Å². The third-order valence-corrected chi connectivity index (χ3v) is 4.50. The van der Waals surface area contributed by atoms with Crippen LogP contribution in [0.25, 0.3) is 0 Å². The predicted octanol–water partition coefficient (Wildman–Crippen LogP) is 2.09. The van der Waals surface area contributed by atoms with E-state index in [1.807, 2.05) is 18.2 Å². The zero-order valence-electron chi connectivity index (χ0n) is 14.4. The van der Waals surface area contributed by atoms with E-state index in [1.54, 1.807) is 14.2 Å². The summed E-state index contributed by atoms with van der Waals surface area (Å²) < 4.78 is 10.5. The Morgan fingerprint density at radius 2 is 1.91 bits per heavy atom. The summed E-state index contributed by atoms with van der Waals surface area (Å²) in [6.07, 6.45) is 3.69. The van der Waals surface area contributed by atoms with Crippen LogP contribution in [0.2, 0.25) is 0 Å². The highest BCUT2D eigenvalue weighted by molar-refractivity contribution is 5.76. The van der Waals surface area contributed by atoms with Gasteiger partial charge in [0.1, 0.15) is 0 Å². The van der Waals surface area contributed by atoms with Crippen LogP contribution in [0.15, 0.2) is 18.2 Å². The van der Waals surface area contributed by atoms with Gasteiger partial charge in [0, 0.05) is 13.0 Å². The first kappa shape index (κ1) is 17.6. The molecule has 1 aliphatic rings. The van der Waals surface area contributed by atoms with E-state index in [0.29, 0.717) is 18.9 Å². The van der Waals surface area contributed by atoms with E-state index >= 15 is 0 Å². The highest BCUT2D eigenvalue weighted by atomic mass is 16.5. The smallest absolute Gasteiger partial charge is 0.220 e. The number of methoxy groups -OCH3 is 2. The normalized spacial score (nSPS) is 16.1. The van der Waals surface area contributed by atoms with Gasteiger partial charge in [0.05, 0.1) is 14.2 Å². The lowest BCUT2D eigenvalue weighted by atomic mass is 9.93. The fourth-order valence-corrected chi connectivity index (χ4v) is 2.98. The van der Waals surface area contributed by atoms with Crippen LogP contribution in [0.4, 0.5) is 0 Å². The number of hydrogen-bond acceptors (Lipinski definition) is 4. The summed E-state index contributed by atoms with van der Waals surface area (Å²) in [5.74, 6) is 2.15. The molecule has 1 aromatic rings. The van der Waals surface area contributed by atoms with Crippen molar-refractivity contribution in [2.75, 3.05) is 40.9 Å². The van der Waals surface area contributed by atoms with Gasteiger partial charge < -0.3 is 19.7 Å². The van der Waals surface area contributed by atoms with E-state index in [-0.39, 0.29) is 5.91 Å². The van der Waals surface area contributed by atoms with Crippen molar-refractivity contribution in [1.29, 1.82) is 0 Å². The molecule has 1 N–H and O–H groups in total. The summed E-state index contributed by atoms with van der Waals surface area (Å²) >= 11 is 0. The number of benzene rings is 1. The standard InChI is InChI=1S/C18H28N2O3/c1-20-10-7-15(8-11-20)13-18(21)19-9-6-14-4-5-16(22-2)17(12-14)23-3/h4-5,12,15H,6-11,13H2,1-3H3,(H,19,21). The lowest BCUT2D eigenvalue weighted by molar-refractivity contribution is -0.122. The van der Waals surface area contributed by atoms with Gasteiger partial charge in [-0.2, -0.15) is 0 Å². The summed E-state index contributed by atoms with van der Waals surface area (Å²) in [5, 5.41) is 3.03. The molecule has 0 spiro atoms. The molecule has 0 bridgehead atoms. The Morgan fingerprint density at radius 1 is 1.22 bits per heavy atom. The van der Waals surface area contributed by atoms with Gasteiger partial charge in [0.15, 0.2) is 11.5 Å². The van der Waals surface area contributed by atoms with Gasteiger partial charge in [-0.1, -0.05) is 6.07 Å². The van der Waals surface area contributed by atoms with Gasteiger partial charge in [-0.25, -0.2) is 0 Å². The van der Waals surface area contributed by atoms with Crippen molar-refractivity contribution in [3.63, 3.8) is 0 Å². The van der Waals surface area contributed by atoms with Crippen molar-refractivity contribution < 1.29 is 14.3 Å². The molecule has 1 aromatic carbocycles. The van der Waals surface area contributed by atoms with Crippen molar-refractivity contribution in [2.45, 2.75) is 25.7 Å². The number of rotatable bonds is 7.